The Balaban J connectivity index is 1.18. The molecule has 0 saturated heterocycles. The smallest absolute Gasteiger partial charge is 0.193 e. The summed E-state index contributed by atoms with van der Waals surface area (Å²) in [6.07, 6.45) is 0. The Kier molecular flexibility index (Phi) is 7.14. The topological polar surface area (TPSA) is 52.6 Å². The summed E-state index contributed by atoms with van der Waals surface area (Å²) in [7, 11) is 0. The highest BCUT2D eigenvalue weighted by Crippen LogP contribution is 2.28. The maximum absolute atomic E-state index is 12.7. The minimum Gasteiger partial charge on any atom is -0.457 e. The molecular formula is C34H26O4. The van der Waals surface area contributed by atoms with Gasteiger partial charge in [-0.3, -0.25) is 9.59 Å². The van der Waals surface area contributed by atoms with E-state index in [9.17, 15) is 9.59 Å². The summed E-state index contributed by atoms with van der Waals surface area (Å²) < 4.78 is 11.9. The van der Waals surface area contributed by atoms with E-state index >= 15 is 0 Å². The van der Waals surface area contributed by atoms with Crippen molar-refractivity contribution in [3.63, 3.8) is 0 Å². The summed E-state index contributed by atoms with van der Waals surface area (Å²) in [6, 6.07) is 36.5. The first kappa shape index (κ1) is 24.7. The van der Waals surface area contributed by atoms with Crippen LogP contribution in [0.4, 0.5) is 0 Å². The van der Waals surface area contributed by atoms with Crippen LogP contribution in [0.1, 0.15) is 43.0 Å². The van der Waals surface area contributed by atoms with E-state index in [0.29, 0.717) is 45.3 Å². The van der Waals surface area contributed by atoms with Gasteiger partial charge in [-0.25, -0.2) is 0 Å². The molecule has 0 aliphatic heterocycles. The molecule has 0 atom stereocenters. The highest BCUT2D eigenvalue weighted by atomic mass is 16.5. The van der Waals surface area contributed by atoms with Gasteiger partial charge >= 0.3 is 0 Å². The second-order valence-electron chi connectivity index (χ2n) is 9.11. The molecule has 4 heteroatoms. The number of carbonyl (C=O) groups excluding carboxylic acids is 2. The van der Waals surface area contributed by atoms with Crippen LogP contribution in [0.25, 0.3) is 0 Å². The Morgan fingerprint density at radius 2 is 0.579 bits per heavy atom. The molecular weight excluding hydrogens is 472 g/mol. The van der Waals surface area contributed by atoms with E-state index < -0.39 is 0 Å². The first-order chi connectivity index (χ1) is 18.4. The van der Waals surface area contributed by atoms with E-state index in [4.69, 9.17) is 9.47 Å². The Bertz CT molecular complexity index is 1430. The predicted octanol–water partition coefficient (Wildman–Crippen LogP) is 8.35. The predicted molar refractivity (Wildman–Crippen MR) is 149 cm³/mol. The zero-order chi connectivity index (χ0) is 26.5. The van der Waals surface area contributed by atoms with Crippen LogP contribution in [0.3, 0.4) is 0 Å². The second kappa shape index (κ2) is 11.0. The van der Waals surface area contributed by atoms with Crippen LogP contribution in [0.5, 0.6) is 23.0 Å². The van der Waals surface area contributed by atoms with Crippen LogP contribution in [0.15, 0.2) is 121 Å². The van der Waals surface area contributed by atoms with E-state index in [0.717, 1.165) is 11.1 Å². The van der Waals surface area contributed by atoms with Gasteiger partial charge in [0, 0.05) is 22.3 Å². The second-order valence-corrected chi connectivity index (χ2v) is 9.11. The molecule has 0 aliphatic carbocycles. The van der Waals surface area contributed by atoms with Gasteiger partial charge in [-0.1, -0.05) is 59.7 Å². The van der Waals surface area contributed by atoms with Crippen molar-refractivity contribution in [2.24, 2.45) is 0 Å². The third-order valence-electron chi connectivity index (χ3n) is 6.16. The minimum atomic E-state index is -0.0226. The lowest BCUT2D eigenvalue weighted by atomic mass is 10.0. The quantitative estimate of drug-likeness (QED) is 0.202. The number of rotatable bonds is 8. The average Bonchev–Trinajstić information content (AvgIpc) is 2.95. The Labute approximate surface area is 222 Å². The van der Waals surface area contributed by atoms with Gasteiger partial charge in [0.1, 0.15) is 23.0 Å². The number of hydrogen-bond donors (Lipinski definition) is 0. The number of benzene rings is 5. The molecule has 38 heavy (non-hydrogen) atoms. The lowest BCUT2D eigenvalue weighted by molar-refractivity contribution is 0.103. The van der Waals surface area contributed by atoms with Crippen LogP contribution < -0.4 is 9.47 Å². The molecule has 4 nitrogen and oxygen atoms in total. The molecule has 186 valence electrons. The Hall–Kier alpha value is -4.96. The van der Waals surface area contributed by atoms with E-state index in [2.05, 4.69) is 0 Å². The maximum Gasteiger partial charge on any atom is 0.193 e. The monoisotopic (exact) mass is 498 g/mol. The SMILES string of the molecule is Cc1ccc(C(=O)c2ccc(Oc3ccc(Oc4ccc(C(=O)c5ccc(C)cc5)cc4)cc3)cc2)cc1. The van der Waals surface area contributed by atoms with Gasteiger partial charge in [0.2, 0.25) is 0 Å². The minimum absolute atomic E-state index is 0.0226. The lowest BCUT2D eigenvalue weighted by Gasteiger charge is -2.09. The highest BCUT2D eigenvalue weighted by molar-refractivity contribution is 6.09. The maximum atomic E-state index is 12.7. The van der Waals surface area contributed by atoms with Crippen LogP contribution in [0.2, 0.25) is 0 Å². The van der Waals surface area contributed by atoms with Gasteiger partial charge in [0.15, 0.2) is 11.6 Å². The zero-order valence-electron chi connectivity index (χ0n) is 21.2. The van der Waals surface area contributed by atoms with E-state index in [1.807, 2.05) is 86.6 Å². The zero-order valence-corrected chi connectivity index (χ0v) is 21.2. The van der Waals surface area contributed by atoms with Crippen molar-refractivity contribution >= 4 is 11.6 Å². The molecule has 0 heterocycles. The van der Waals surface area contributed by atoms with Gasteiger partial charge in [-0.2, -0.15) is 0 Å². The summed E-state index contributed by atoms with van der Waals surface area (Å²) in [4.78, 5) is 25.3. The van der Waals surface area contributed by atoms with Crippen molar-refractivity contribution in [3.8, 4) is 23.0 Å². The Morgan fingerprint density at radius 1 is 0.368 bits per heavy atom. The number of ether oxygens (including phenoxy) is 2. The normalized spacial score (nSPS) is 10.6. The molecule has 0 spiro atoms. The molecule has 0 aliphatic rings. The first-order valence-corrected chi connectivity index (χ1v) is 12.3. The third-order valence-corrected chi connectivity index (χ3v) is 6.16. The molecule has 0 saturated carbocycles. The van der Waals surface area contributed by atoms with Crippen molar-refractivity contribution < 1.29 is 19.1 Å². The number of aryl methyl sites for hydroxylation is 2. The molecule has 5 aromatic carbocycles. The molecule has 0 bridgehead atoms. The summed E-state index contributed by atoms with van der Waals surface area (Å²) >= 11 is 0. The van der Waals surface area contributed by atoms with Crippen molar-refractivity contribution in [2.75, 3.05) is 0 Å². The molecule has 0 N–H and O–H groups in total. The number of ketones is 2. The molecule has 0 radical (unpaired) electrons. The van der Waals surface area contributed by atoms with Crippen molar-refractivity contribution in [3.05, 3.63) is 155 Å². The fourth-order valence-corrected chi connectivity index (χ4v) is 3.94. The van der Waals surface area contributed by atoms with Crippen molar-refractivity contribution in [1.82, 2.24) is 0 Å². The standard InChI is InChI=1S/C34H26O4/c1-23-3-7-25(8-4-23)33(35)27-11-15-29(16-12-27)37-31-19-21-32(22-20-31)38-30-17-13-28(14-18-30)34(36)26-9-5-24(2)6-10-26/h3-22H,1-2H3. The summed E-state index contributed by atoms with van der Waals surface area (Å²) in [5, 5.41) is 0. The van der Waals surface area contributed by atoms with Crippen LogP contribution in [0, 0.1) is 13.8 Å². The Morgan fingerprint density at radius 3 is 0.842 bits per heavy atom. The largest absolute Gasteiger partial charge is 0.457 e. The van der Waals surface area contributed by atoms with Crippen LogP contribution >= 0.6 is 0 Å². The van der Waals surface area contributed by atoms with Crippen molar-refractivity contribution in [1.29, 1.82) is 0 Å². The van der Waals surface area contributed by atoms with Gasteiger partial charge in [-0.15, -0.1) is 0 Å². The number of hydrogen-bond acceptors (Lipinski definition) is 4. The third kappa shape index (κ3) is 5.88. The first-order valence-electron chi connectivity index (χ1n) is 12.3. The van der Waals surface area contributed by atoms with E-state index in [1.165, 1.54) is 0 Å². The summed E-state index contributed by atoms with van der Waals surface area (Å²) in [5.74, 6) is 2.51. The fraction of sp³-hybridized carbons (Fsp3) is 0.0588. The molecule has 0 fully saturated rings. The van der Waals surface area contributed by atoms with Gasteiger partial charge in [0.05, 0.1) is 0 Å². The van der Waals surface area contributed by atoms with Crippen LogP contribution in [-0.2, 0) is 0 Å². The number of carbonyl (C=O) groups is 2. The average molecular weight is 499 g/mol. The van der Waals surface area contributed by atoms with Crippen LogP contribution in [-0.4, -0.2) is 11.6 Å². The molecule has 0 aromatic heterocycles. The lowest BCUT2D eigenvalue weighted by Crippen LogP contribution is -2.01. The van der Waals surface area contributed by atoms with E-state index in [-0.39, 0.29) is 11.6 Å². The van der Waals surface area contributed by atoms with Gasteiger partial charge < -0.3 is 9.47 Å². The molecule has 0 amide bonds. The highest BCUT2D eigenvalue weighted by Gasteiger charge is 2.11. The van der Waals surface area contributed by atoms with Gasteiger partial charge in [-0.05, 0) is 86.6 Å². The van der Waals surface area contributed by atoms with E-state index in [1.54, 1.807) is 48.5 Å². The molecule has 5 rings (SSSR count). The van der Waals surface area contributed by atoms with Crippen molar-refractivity contribution in [2.45, 2.75) is 13.8 Å². The summed E-state index contributed by atoms with van der Waals surface area (Å²) in [5.41, 5.74) is 4.77. The summed E-state index contributed by atoms with van der Waals surface area (Å²) in [6.45, 7) is 3.99. The molecule has 0 unspecified atom stereocenters. The molecule has 5 aromatic rings. The van der Waals surface area contributed by atoms with Gasteiger partial charge in [0.25, 0.3) is 0 Å². The fourth-order valence-electron chi connectivity index (χ4n) is 3.94.